The van der Waals surface area contributed by atoms with Gasteiger partial charge in [-0.05, 0) is 50.6 Å². The molecule has 1 aromatic rings. The Morgan fingerprint density at radius 2 is 2.27 bits per heavy atom. The molecule has 15 heavy (non-hydrogen) atoms. The van der Waals surface area contributed by atoms with E-state index in [1.165, 1.54) is 12.8 Å². The number of carbonyl (C=O) groups excluding carboxylic acids is 1. The van der Waals surface area contributed by atoms with Crippen molar-refractivity contribution in [2.75, 3.05) is 5.32 Å². The van der Waals surface area contributed by atoms with Gasteiger partial charge in [0, 0.05) is 6.42 Å². The van der Waals surface area contributed by atoms with Crippen LogP contribution in [0.2, 0.25) is 0 Å². The number of hydrogen-bond donors (Lipinski definition) is 1. The van der Waals surface area contributed by atoms with Crippen molar-refractivity contribution in [3.05, 3.63) is 15.4 Å². The lowest BCUT2D eigenvalue weighted by molar-refractivity contribution is -0.116. The molecule has 1 aliphatic rings. The van der Waals surface area contributed by atoms with Gasteiger partial charge in [-0.3, -0.25) is 4.79 Å². The molecule has 0 aromatic carbocycles. The monoisotopic (exact) mass is 333 g/mol. The highest BCUT2D eigenvalue weighted by Crippen LogP contribution is 2.32. The maximum Gasteiger partial charge on any atom is 0.225 e. The second kappa shape index (κ2) is 4.57. The molecular formula is C9H9Br2N3O. The molecular weight excluding hydrogens is 326 g/mol. The molecule has 80 valence electrons. The third-order valence-corrected chi connectivity index (χ3v) is 3.06. The van der Waals surface area contributed by atoms with Crippen LogP contribution in [0, 0.1) is 5.92 Å². The maximum absolute atomic E-state index is 11.5. The normalized spacial score (nSPS) is 15.1. The van der Waals surface area contributed by atoms with E-state index in [0.717, 1.165) is 0 Å². The predicted octanol–water partition coefficient (Wildman–Crippen LogP) is 2.74. The van der Waals surface area contributed by atoms with Gasteiger partial charge < -0.3 is 5.32 Å². The van der Waals surface area contributed by atoms with Crippen LogP contribution in [0.15, 0.2) is 15.4 Å². The molecule has 0 unspecified atom stereocenters. The van der Waals surface area contributed by atoms with E-state index in [1.807, 2.05) is 0 Å². The molecule has 6 heteroatoms. The van der Waals surface area contributed by atoms with Gasteiger partial charge in [0.1, 0.15) is 9.21 Å². The lowest BCUT2D eigenvalue weighted by Crippen LogP contribution is -2.13. The number of nitrogens with one attached hydrogen (secondary N) is 1. The topological polar surface area (TPSA) is 54.9 Å². The molecule has 1 saturated carbocycles. The summed E-state index contributed by atoms with van der Waals surface area (Å²) in [5, 5.41) is 2.73. The molecule has 1 N–H and O–H groups in total. The standard InChI is InChI=1S/C9H9Br2N3O/c10-6-4-12-9(8(11)13-6)14-7(15)3-5-1-2-5/h4-5H,1-3H2,(H,12,14,15). The van der Waals surface area contributed by atoms with Crippen LogP contribution < -0.4 is 5.32 Å². The number of nitrogens with zero attached hydrogens (tertiary/aromatic N) is 2. The van der Waals surface area contributed by atoms with E-state index < -0.39 is 0 Å². The van der Waals surface area contributed by atoms with E-state index in [4.69, 9.17) is 0 Å². The van der Waals surface area contributed by atoms with E-state index >= 15 is 0 Å². The zero-order valence-corrected chi connectivity index (χ0v) is 11.0. The van der Waals surface area contributed by atoms with Crippen molar-refractivity contribution >= 4 is 43.6 Å². The third kappa shape index (κ3) is 3.24. The lowest BCUT2D eigenvalue weighted by Gasteiger charge is -2.04. The molecule has 2 rings (SSSR count). The first-order chi connectivity index (χ1) is 7.15. The van der Waals surface area contributed by atoms with Gasteiger partial charge in [0.05, 0.1) is 6.20 Å². The molecule has 0 spiro atoms. The zero-order valence-electron chi connectivity index (χ0n) is 7.83. The van der Waals surface area contributed by atoms with Crippen molar-refractivity contribution in [2.24, 2.45) is 5.92 Å². The minimum atomic E-state index is 0.00909. The van der Waals surface area contributed by atoms with Gasteiger partial charge in [0.25, 0.3) is 0 Å². The van der Waals surface area contributed by atoms with Gasteiger partial charge in [-0.1, -0.05) is 0 Å². The second-order valence-electron chi connectivity index (χ2n) is 3.53. The number of amides is 1. The summed E-state index contributed by atoms with van der Waals surface area (Å²) in [5.41, 5.74) is 0. The van der Waals surface area contributed by atoms with Crippen molar-refractivity contribution < 1.29 is 4.79 Å². The SMILES string of the molecule is O=C(CC1CC1)Nc1ncc(Br)nc1Br. The Balaban J connectivity index is 1.99. The van der Waals surface area contributed by atoms with Crippen molar-refractivity contribution in [1.29, 1.82) is 0 Å². The summed E-state index contributed by atoms with van der Waals surface area (Å²) in [4.78, 5) is 19.6. The quantitative estimate of drug-likeness (QED) is 0.924. The molecule has 4 nitrogen and oxygen atoms in total. The molecule has 0 bridgehead atoms. The van der Waals surface area contributed by atoms with Gasteiger partial charge in [0.2, 0.25) is 5.91 Å². The van der Waals surface area contributed by atoms with Crippen LogP contribution in [0.5, 0.6) is 0 Å². The molecule has 1 heterocycles. The number of halogens is 2. The molecule has 0 aliphatic heterocycles. The van der Waals surface area contributed by atoms with E-state index in [9.17, 15) is 4.79 Å². The Hall–Kier alpha value is -0.490. The minimum Gasteiger partial charge on any atom is -0.308 e. The van der Waals surface area contributed by atoms with Gasteiger partial charge in [-0.25, -0.2) is 9.97 Å². The van der Waals surface area contributed by atoms with Gasteiger partial charge >= 0.3 is 0 Å². The average molecular weight is 335 g/mol. The number of anilines is 1. The highest BCUT2D eigenvalue weighted by Gasteiger charge is 2.24. The first-order valence-electron chi connectivity index (χ1n) is 4.63. The molecule has 1 fully saturated rings. The highest BCUT2D eigenvalue weighted by atomic mass is 79.9. The van der Waals surface area contributed by atoms with E-state index in [-0.39, 0.29) is 5.91 Å². The molecule has 1 amide bonds. The Morgan fingerprint density at radius 3 is 2.87 bits per heavy atom. The molecule has 0 saturated heterocycles. The van der Waals surface area contributed by atoms with E-state index in [2.05, 4.69) is 47.1 Å². The van der Waals surface area contributed by atoms with Crippen LogP contribution >= 0.6 is 31.9 Å². The lowest BCUT2D eigenvalue weighted by atomic mass is 10.3. The highest BCUT2D eigenvalue weighted by molar-refractivity contribution is 9.11. The van der Waals surface area contributed by atoms with Gasteiger partial charge in [-0.15, -0.1) is 0 Å². The summed E-state index contributed by atoms with van der Waals surface area (Å²) in [6.45, 7) is 0. The van der Waals surface area contributed by atoms with Crippen LogP contribution in [0.25, 0.3) is 0 Å². The summed E-state index contributed by atoms with van der Waals surface area (Å²) in [6.07, 6.45) is 4.48. The van der Waals surface area contributed by atoms with Crippen molar-refractivity contribution in [2.45, 2.75) is 19.3 Å². The maximum atomic E-state index is 11.5. The van der Waals surface area contributed by atoms with Crippen LogP contribution in [0.4, 0.5) is 5.82 Å². The van der Waals surface area contributed by atoms with E-state index in [0.29, 0.717) is 27.4 Å². The van der Waals surface area contributed by atoms with Gasteiger partial charge in [-0.2, -0.15) is 0 Å². The molecule has 0 radical (unpaired) electrons. The Labute approximate surface area is 104 Å². The summed E-state index contributed by atoms with van der Waals surface area (Å²) >= 11 is 6.44. The van der Waals surface area contributed by atoms with Crippen molar-refractivity contribution in [3.63, 3.8) is 0 Å². The number of rotatable bonds is 3. The fourth-order valence-electron chi connectivity index (χ4n) is 1.20. The minimum absolute atomic E-state index is 0.00909. The Morgan fingerprint density at radius 1 is 1.53 bits per heavy atom. The summed E-state index contributed by atoms with van der Waals surface area (Å²) in [7, 11) is 0. The first kappa shape index (κ1) is 11.0. The predicted molar refractivity (Wildman–Crippen MR) is 63.4 cm³/mol. The summed E-state index contributed by atoms with van der Waals surface area (Å²) in [6, 6.07) is 0. The van der Waals surface area contributed by atoms with Crippen LogP contribution in [0.3, 0.4) is 0 Å². The van der Waals surface area contributed by atoms with Crippen LogP contribution in [-0.4, -0.2) is 15.9 Å². The molecule has 1 aromatic heterocycles. The fraction of sp³-hybridized carbons (Fsp3) is 0.444. The summed E-state index contributed by atoms with van der Waals surface area (Å²) in [5.74, 6) is 1.06. The largest absolute Gasteiger partial charge is 0.308 e. The number of hydrogen-bond acceptors (Lipinski definition) is 3. The zero-order chi connectivity index (χ0) is 10.8. The van der Waals surface area contributed by atoms with Crippen LogP contribution in [-0.2, 0) is 4.79 Å². The summed E-state index contributed by atoms with van der Waals surface area (Å²) < 4.78 is 1.18. The molecule has 0 atom stereocenters. The van der Waals surface area contributed by atoms with Crippen molar-refractivity contribution in [3.8, 4) is 0 Å². The van der Waals surface area contributed by atoms with E-state index in [1.54, 1.807) is 6.20 Å². The fourth-order valence-corrected chi connectivity index (χ4v) is 2.11. The average Bonchev–Trinajstić information content (AvgIpc) is 2.94. The Kier molecular flexibility index (Phi) is 3.35. The Bertz CT molecular complexity index is 393. The smallest absolute Gasteiger partial charge is 0.225 e. The second-order valence-corrected chi connectivity index (χ2v) is 5.09. The number of aromatic nitrogens is 2. The van der Waals surface area contributed by atoms with Crippen LogP contribution in [0.1, 0.15) is 19.3 Å². The van der Waals surface area contributed by atoms with Crippen molar-refractivity contribution in [1.82, 2.24) is 9.97 Å². The van der Waals surface area contributed by atoms with Gasteiger partial charge in [0.15, 0.2) is 5.82 Å². The number of carbonyl (C=O) groups is 1. The third-order valence-electron chi connectivity index (χ3n) is 2.13. The first-order valence-corrected chi connectivity index (χ1v) is 6.21. The molecule has 1 aliphatic carbocycles.